The molecule has 3 aromatic rings. The molecule has 0 saturated heterocycles. The van der Waals surface area contributed by atoms with E-state index >= 15 is 0 Å². The van der Waals surface area contributed by atoms with Crippen LogP contribution in [0.5, 0.6) is 5.75 Å². The number of nitro groups is 1. The first-order chi connectivity index (χ1) is 15.4. The summed E-state index contributed by atoms with van der Waals surface area (Å²) in [6.45, 7) is 1.43. The van der Waals surface area contributed by atoms with E-state index in [9.17, 15) is 19.7 Å². The molecule has 1 N–H and O–H groups in total. The lowest BCUT2D eigenvalue weighted by Crippen LogP contribution is -2.28. The highest BCUT2D eigenvalue weighted by atomic mass is 35.5. The van der Waals surface area contributed by atoms with Gasteiger partial charge >= 0.3 is 0 Å². The zero-order chi connectivity index (χ0) is 23.0. The van der Waals surface area contributed by atoms with Crippen LogP contribution in [0.15, 0.2) is 35.3 Å². The summed E-state index contributed by atoms with van der Waals surface area (Å²) < 4.78 is 6.68. The van der Waals surface area contributed by atoms with Crippen LogP contribution >= 0.6 is 12.4 Å². The summed E-state index contributed by atoms with van der Waals surface area (Å²) in [4.78, 5) is 43.8. The summed E-state index contributed by atoms with van der Waals surface area (Å²) in [7, 11) is 3.34. The van der Waals surface area contributed by atoms with Crippen LogP contribution in [0.4, 0.5) is 5.69 Å². The molecule has 1 aliphatic rings. The Balaban J connectivity index is 0.00000306. The molecule has 33 heavy (non-hydrogen) atoms. The highest BCUT2D eigenvalue weighted by Gasteiger charge is 2.34. The molecule has 0 bridgehead atoms. The number of fused-ring (bicyclic) bond motifs is 5. The second-order valence-corrected chi connectivity index (χ2v) is 7.65. The number of rotatable bonds is 8. The van der Waals surface area contributed by atoms with Crippen molar-refractivity contribution in [3.63, 3.8) is 0 Å². The molecule has 0 spiro atoms. The van der Waals surface area contributed by atoms with Gasteiger partial charge in [-0.1, -0.05) is 0 Å². The molecule has 11 heteroatoms. The Morgan fingerprint density at radius 1 is 1.21 bits per heavy atom. The maximum atomic E-state index is 13.4. The summed E-state index contributed by atoms with van der Waals surface area (Å²) in [5.41, 5.74) is 0.831. The molecule has 0 unspecified atom stereocenters. The molecule has 0 radical (unpaired) electrons. The van der Waals surface area contributed by atoms with E-state index in [0.717, 1.165) is 0 Å². The zero-order valence-corrected chi connectivity index (χ0v) is 18.9. The normalized spacial score (nSPS) is 11.9. The van der Waals surface area contributed by atoms with Gasteiger partial charge in [0.05, 0.1) is 52.7 Å². The van der Waals surface area contributed by atoms with E-state index < -0.39 is 10.5 Å². The number of hydrogen-bond donors (Lipinski definition) is 1. The fourth-order valence-electron chi connectivity index (χ4n) is 4.07. The number of aliphatic hydroxyl groups is 1. The first kappa shape index (κ1) is 24.3. The van der Waals surface area contributed by atoms with E-state index in [0.29, 0.717) is 53.2 Å². The molecule has 10 nitrogen and oxygen atoms in total. The van der Waals surface area contributed by atoms with Gasteiger partial charge in [-0.05, 0) is 32.1 Å². The number of hydrogen-bond acceptors (Lipinski definition) is 8. The van der Waals surface area contributed by atoms with Crippen LogP contribution < -0.4 is 10.3 Å². The summed E-state index contributed by atoms with van der Waals surface area (Å²) in [6.07, 6.45) is 2.06. The molecular weight excluding hydrogens is 452 g/mol. The van der Waals surface area contributed by atoms with E-state index in [2.05, 4.69) is 4.98 Å². The third-order valence-corrected chi connectivity index (χ3v) is 5.66. The summed E-state index contributed by atoms with van der Waals surface area (Å²) in [6, 6.07) is 5.55. The fraction of sp³-hybridized carbons (Fsp3) is 0.318. The minimum Gasteiger partial charge on any atom is -0.495 e. The Bertz CT molecular complexity index is 1310. The number of carbonyl (C=O) groups excluding carboxylic acids is 1. The quantitative estimate of drug-likeness (QED) is 0.304. The highest BCUT2D eigenvalue weighted by Crippen LogP contribution is 2.39. The van der Waals surface area contributed by atoms with E-state index in [4.69, 9.17) is 9.84 Å². The molecule has 4 rings (SSSR count). The van der Waals surface area contributed by atoms with Crippen molar-refractivity contribution in [3.05, 3.63) is 62.1 Å². The van der Waals surface area contributed by atoms with E-state index in [1.165, 1.54) is 36.1 Å². The molecule has 0 saturated carbocycles. The molecule has 0 aliphatic heterocycles. The molecule has 0 amide bonds. The molecular formula is C22H23ClN4O6. The number of ketones is 1. The standard InChI is InChI=1S/C22H22N4O6.ClH/c1-24(8-9-27)6-3-7-25-20-18(21(28)17-11-14(32-2)12-23-19(17)20)15-5-4-13(26(30)31)10-16(15)22(25)29;/h4-5,10-12,27H,3,6-9H2,1-2H3;1H. The maximum absolute atomic E-state index is 13.4. The minimum absolute atomic E-state index is 0. The summed E-state index contributed by atoms with van der Waals surface area (Å²) >= 11 is 0. The van der Waals surface area contributed by atoms with E-state index in [1.54, 1.807) is 6.07 Å². The van der Waals surface area contributed by atoms with Crippen LogP contribution in [0.2, 0.25) is 0 Å². The van der Waals surface area contributed by atoms with Gasteiger partial charge in [0.15, 0.2) is 5.78 Å². The van der Waals surface area contributed by atoms with Gasteiger partial charge in [-0.25, -0.2) is 0 Å². The number of ether oxygens (including phenoxy) is 1. The Kier molecular flexibility index (Phi) is 7.11. The van der Waals surface area contributed by atoms with Crippen molar-refractivity contribution in [1.82, 2.24) is 14.5 Å². The van der Waals surface area contributed by atoms with Crippen molar-refractivity contribution in [2.75, 3.05) is 33.9 Å². The second kappa shape index (κ2) is 9.65. The molecule has 0 atom stereocenters. The van der Waals surface area contributed by atoms with Crippen molar-refractivity contribution >= 4 is 34.7 Å². The molecule has 2 heterocycles. The van der Waals surface area contributed by atoms with Crippen LogP contribution in [0.25, 0.3) is 22.2 Å². The highest BCUT2D eigenvalue weighted by molar-refractivity contribution is 6.26. The monoisotopic (exact) mass is 474 g/mol. The molecule has 174 valence electrons. The van der Waals surface area contributed by atoms with Crippen molar-refractivity contribution in [2.24, 2.45) is 0 Å². The number of carbonyl (C=O) groups is 1. The van der Waals surface area contributed by atoms with Gasteiger partial charge in [-0.2, -0.15) is 0 Å². The van der Waals surface area contributed by atoms with Crippen LogP contribution in [0.1, 0.15) is 22.3 Å². The third kappa shape index (κ3) is 4.20. The molecule has 2 aromatic heterocycles. The maximum Gasteiger partial charge on any atom is 0.270 e. The van der Waals surface area contributed by atoms with E-state index in [-0.39, 0.29) is 42.4 Å². The van der Waals surface area contributed by atoms with Gasteiger partial charge in [0.25, 0.3) is 11.2 Å². The van der Waals surface area contributed by atoms with E-state index in [1.807, 2.05) is 11.9 Å². The fourth-order valence-corrected chi connectivity index (χ4v) is 4.07. The molecule has 1 aromatic carbocycles. The van der Waals surface area contributed by atoms with Crippen LogP contribution in [0, 0.1) is 10.1 Å². The number of pyridine rings is 2. The smallest absolute Gasteiger partial charge is 0.270 e. The Labute approximate surface area is 195 Å². The second-order valence-electron chi connectivity index (χ2n) is 7.65. The van der Waals surface area contributed by atoms with Gasteiger partial charge in [-0.15, -0.1) is 12.4 Å². The number of nitrogens with zero attached hydrogens (tertiary/aromatic N) is 4. The van der Waals surface area contributed by atoms with Crippen molar-refractivity contribution < 1.29 is 19.6 Å². The number of methoxy groups -OCH3 is 1. The summed E-state index contributed by atoms with van der Waals surface area (Å²) in [5, 5.41) is 20.8. The Hall–Kier alpha value is -3.34. The third-order valence-electron chi connectivity index (χ3n) is 5.66. The predicted molar refractivity (Wildman–Crippen MR) is 125 cm³/mol. The van der Waals surface area contributed by atoms with Crippen LogP contribution in [-0.4, -0.2) is 64.1 Å². The first-order valence-electron chi connectivity index (χ1n) is 10.1. The van der Waals surface area contributed by atoms with Gasteiger partial charge in [-0.3, -0.25) is 24.7 Å². The average Bonchev–Trinajstić information content (AvgIpc) is 3.07. The van der Waals surface area contributed by atoms with Gasteiger partial charge < -0.3 is 19.3 Å². The van der Waals surface area contributed by atoms with Crippen LogP contribution in [-0.2, 0) is 6.54 Å². The van der Waals surface area contributed by atoms with Crippen LogP contribution in [0.3, 0.4) is 0 Å². The lowest BCUT2D eigenvalue weighted by Gasteiger charge is -2.18. The number of benzene rings is 1. The van der Waals surface area contributed by atoms with Gasteiger partial charge in [0.1, 0.15) is 5.75 Å². The van der Waals surface area contributed by atoms with Crippen molar-refractivity contribution in [1.29, 1.82) is 0 Å². The minimum atomic E-state index is -0.566. The molecule has 0 fully saturated rings. The number of likely N-dealkylation sites (N-methyl/N-ethyl adjacent to an activating group) is 1. The van der Waals surface area contributed by atoms with Gasteiger partial charge in [0, 0.05) is 30.6 Å². The van der Waals surface area contributed by atoms with Crippen molar-refractivity contribution in [2.45, 2.75) is 13.0 Å². The number of non-ortho nitro benzene ring substituents is 1. The molecule has 1 aliphatic carbocycles. The zero-order valence-electron chi connectivity index (χ0n) is 18.1. The topological polar surface area (TPSA) is 128 Å². The average molecular weight is 475 g/mol. The predicted octanol–water partition coefficient (Wildman–Crippen LogP) is 2.26. The number of aliphatic hydroxyl groups excluding tert-OH is 1. The van der Waals surface area contributed by atoms with Gasteiger partial charge in [0.2, 0.25) is 0 Å². The largest absolute Gasteiger partial charge is 0.495 e. The number of nitro benzene ring substituents is 1. The SMILES string of the molecule is COc1cnc2c(c1)C(=O)c1c-2n(CCCN(C)CCO)c(=O)c2cc([N+](=O)[O-])ccc12.Cl. The Morgan fingerprint density at radius 3 is 2.64 bits per heavy atom. The number of aromatic nitrogens is 2. The first-order valence-corrected chi connectivity index (χ1v) is 10.1. The summed E-state index contributed by atoms with van der Waals surface area (Å²) in [5.74, 6) is 0.121. The number of halogens is 1. The lowest BCUT2D eigenvalue weighted by molar-refractivity contribution is -0.384. The van der Waals surface area contributed by atoms with Crippen molar-refractivity contribution in [3.8, 4) is 17.1 Å². The Morgan fingerprint density at radius 2 is 1.97 bits per heavy atom. The lowest BCUT2D eigenvalue weighted by atomic mass is 10.0.